The van der Waals surface area contributed by atoms with E-state index in [9.17, 15) is 25.0 Å². The summed E-state index contributed by atoms with van der Waals surface area (Å²) in [6.45, 7) is 0.159. The van der Waals surface area contributed by atoms with Crippen LogP contribution in [0.15, 0.2) is 18.2 Å². The molecule has 0 unspecified atom stereocenters. The van der Waals surface area contributed by atoms with E-state index in [0.717, 1.165) is 18.9 Å². The molecule has 10 nitrogen and oxygen atoms in total. The minimum absolute atomic E-state index is 0.0611. The Labute approximate surface area is 162 Å². The number of rotatable bonds is 9. The van der Waals surface area contributed by atoms with Gasteiger partial charge >= 0.3 is 5.97 Å². The molecule has 0 aromatic heterocycles. The highest BCUT2D eigenvalue weighted by Crippen LogP contribution is 2.29. The molecule has 0 bridgehead atoms. The second-order valence-electron chi connectivity index (χ2n) is 6.43. The molecule has 0 saturated heterocycles. The first kappa shape index (κ1) is 21.1. The minimum Gasteiger partial charge on any atom is -0.452 e. The SMILES string of the molecule is COCCNc1ccc([N+](=O)[O-])cc1C(=O)OCC(=O)NC1(C#N)CCCC1. The molecule has 1 aromatic rings. The summed E-state index contributed by atoms with van der Waals surface area (Å²) >= 11 is 0. The summed E-state index contributed by atoms with van der Waals surface area (Å²) in [6.07, 6.45) is 2.80. The normalized spacial score (nSPS) is 14.7. The van der Waals surface area contributed by atoms with E-state index in [4.69, 9.17) is 9.47 Å². The van der Waals surface area contributed by atoms with Gasteiger partial charge in [0.25, 0.3) is 11.6 Å². The smallest absolute Gasteiger partial charge is 0.341 e. The summed E-state index contributed by atoms with van der Waals surface area (Å²) in [5, 5.41) is 25.8. The van der Waals surface area contributed by atoms with Crippen molar-refractivity contribution in [3.63, 3.8) is 0 Å². The van der Waals surface area contributed by atoms with Crippen molar-refractivity contribution in [1.82, 2.24) is 5.32 Å². The zero-order chi connectivity index (χ0) is 20.6. The maximum atomic E-state index is 12.4. The van der Waals surface area contributed by atoms with Gasteiger partial charge in [-0.15, -0.1) is 0 Å². The van der Waals surface area contributed by atoms with Crippen LogP contribution >= 0.6 is 0 Å². The predicted octanol–water partition coefficient (Wildman–Crippen LogP) is 1.76. The number of benzene rings is 1. The number of amides is 1. The molecular formula is C18H22N4O6. The molecule has 0 aliphatic heterocycles. The number of esters is 1. The lowest BCUT2D eigenvalue weighted by Gasteiger charge is -2.21. The lowest BCUT2D eigenvalue weighted by atomic mass is 10.00. The number of hydrogen-bond donors (Lipinski definition) is 2. The molecular weight excluding hydrogens is 368 g/mol. The molecule has 0 heterocycles. The number of carbonyl (C=O) groups is 2. The van der Waals surface area contributed by atoms with E-state index in [1.54, 1.807) is 0 Å². The van der Waals surface area contributed by atoms with Crippen LogP contribution in [0.1, 0.15) is 36.0 Å². The highest BCUT2D eigenvalue weighted by atomic mass is 16.6. The van der Waals surface area contributed by atoms with Gasteiger partial charge in [0.15, 0.2) is 6.61 Å². The molecule has 0 spiro atoms. The van der Waals surface area contributed by atoms with Gasteiger partial charge in [0.1, 0.15) is 5.54 Å². The van der Waals surface area contributed by atoms with Gasteiger partial charge in [-0.3, -0.25) is 14.9 Å². The van der Waals surface area contributed by atoms with Gasteiger partial charge in [0, 0.05) is 31.5 Å². The number of nitrogens with zero attached hydrogens (tertiary/aromatic N) is 2. The summed E-state index contributed by atoms with van der Waals surface area (Å²) in [4.78, 5) is 34.9. The Hall–Kier alpha value is -3.19. The van der Waals surface area contributed by atoms with Crippen LogP contribution in [0.5, 0.6) is 0 Å². The van der Waals surface area contributed by atoms with Crippen LogP contribution in [-0.4, -0.2) is 49.2 Å². The highest BCUT2D eigenvalue weighted by Gasteiger charge is 2.35. The van der Waals surface area contributed by atoms with E-state index in [1.165, 1.54) is 19.2 Å². The van der Waals surface area contributed by atoms with E-state index in [-0.39, 0.29) is 11.3 Å². The molecule has 1 aliphatic carbocycles. The number of non-ortho nitro benzene ring substituents is 1. The van der Waals surface area contributed by atoms with Gasteiger partial charge in [0.2, 0.25) is 0 Å². The summed E-state index contributed by atoms with van der Waals surface area (Å²) in [5.74, 6) is -1.47. The van der Waals surface area contributed by atoms with E-state index in [0.29, 0.717) is 31.7 Å². The average molecular weight is 390 g/mol. The summed E-state index contributed by atoms with van der Waals surface area (Å²) in [6, 6.07) is 5.86. The van der Waals surface area contributed by atoms with Crippen LogP contribution in [-0.2, 0) is 14.3 Å². The summed E-state index contributed by atoms with van der Waals surface area (Å²) in [5.41, 5.74) is -0.920. The molecule has 1 amide bonds. The van der Waals surface area contributed by atoms with Gasteiger partial charge in [-0.1, -0.05) is 0 Å². The van der Waals surface area contributed by atoms with Crippen molar-refractivity contribution in [2.75, 3.05) is 32.2 Å². The molecule has 1 aromatic carbocycles. The third kappa shape index (κ3) is 5.40. The molecule has 28 heavy (non-hydrogen) atoms. The molecule has 10 heteroatoms. The van der Waals surface area contributed by atoms with Crippen molar-refractivity contribution >= 4 is 23.3 Å². The van der Waals surface area contributed by atoms with Crippen molar-refractivity contribution in [3.8, 4) is 6.07 Å². The van der Waals surface area contributed by atoms with Crippen LogP contribution in [0.2, 0.25) is 0 Å². The zero-order valence-electron chi connectivity index (χ0n) is 15.5. The molecule has 0 atom stereocenters. The first-order valence-electron chi connectivity index (χ1n) is 8.81. The number of nitrogens with one attached hydrogen (secondary N) is 2. The number of nitro benzene ring substituents is 1. The molecule has 1 fully saturated rings. The monoisotopic (exact) mass is 390 g/mol. The van der Waals surface area contributed by atoms with Gasteiger partial charge in [0.05, 0.1) is 23.2 Å². The van der Waals surface area contributed by atoms with Crippen molar-refractivity contribution in [2.45, 2.75) is 31.2 Å². The van der Waals surface area contributed by atoms with Gasteiger partial charge < -0.3 is 20.1 Å². The van der Waals surface area contributed by atoms with Crippen LogP contribution in [0.25, 0.3) is 0 Å². The average Bonchev–Trinajstić information content (AvgIpc) is 3.15. The number of methoxy groups -OCH3 is 1. The van der Waals surface area contributed by atoms with Crippen LogP contribution in [0, 0.1) is 21.4 Å². The lowest BCUT2D eigenvalue weighted by molar-refractivity contribution is -0.384. The fraction of sp³-hybridized carbons (Fsp3) is 0.500. The maximum absolute atomic E-state index is 12.4. The Balaban J connectivity index is 2.05. The van der Waals surface area contributed by atoms with E-state index in [1.807, 2.05) is 0 Å². The fourth-order valence-corrected chi connectivity index (χ4v) is 3.01. The topological polar surface area (TPSA) is 144 Å². The molecule has 150 valence electrons. The largest absolute Gasteiger partial charge is 0.452 e. The Morgan fingerprint density at radius 2 is 2.07 bits per heavy atom. The Morgan fingerprint density at radius 1 is 1.36 bits per heavy atom. The maximum Gasteiger partial charge on any atom is 0.341 e. The van der Waals surface area contributed by atoms with Crippen LogP contribution in [0.4, 0.5) is 11.4 Å². The van der Waals surface area contributed by atoms with Gasteiger partial charge in [-0.05, 0) is 31.7 Å². The first-order chi connectivity index (χ1) is 13.4. The number of hydrogen-bond acceptors (Lipinski definition) is 8. The van der Waals surface area contributed by atoms with E-state index >= 15 is 0 Å². The van der Waals surface area contributed by atoms with Crippen LogP contribution < -0.4 is 10.6 Å². The van der Waals surface area contributed by atoms with Gasteiger partial charge in [-0.2, -0.15) is 5.26 Å². The van der Waals surface area contributed by atoms with Gasteiger partial charge in [-0.25, -0.2) is 4.79 Å². The third-order valence-electron chi connectivity index (χ3n) is 4.44. The fourth-order valence-electron chi connectivity index (χ4n) is 3.01. The van der Waals surface area contributed by atoms with E-state index < -0.39 is 28.9 Å². The Morgan fingerprint density at radius 3 is 2.68 bits per heavy atom. The first-order valence-corrected chi connectivity index (χ1v) is 8.81. The van der Waals surface area contributed by atoms with Crippen molar-refractivity contribution in [3.05, 3.63) is 33.9 Å². The lowest BCUT2D eigenvalue weighted by Crippen LogP contribution is -2.46. The number of anilines is 1. The standard InChI is InChI=1S/C18H22N4O6/c1-27-9-8-20-15-5-4-13(22(25)26)10-14(15)17(24)28-11-16(23)21-18(12-19)6-2-3-7-18/h4-5,10,20H,2-3,6-9,11H2,1H3,(H,21,23). The molecule has 1 saturated carbocycles. The molecule has 2 N–H and O–H groups in total. The molecule has 1 aliphatic rings. The number of carbonyl (C=O) groups excluding carboxylic acids is 2. The number of ether oxygens (including phenoxy) is 2. The Bertz CT molecular complexity index is 783. The minimum atomic E-state index is -0.915. The quantitative estimate of drug-likeness (QED) is 0.281. The summed E-state index contributed by atoms with van der Waals surface area (Å²) in [7, 11) is 1.52. The second-order valence-corrected chi connectivity index (χ2v) is 6.43. The van der Waals surface area contributed by atoms with Crippen molar-refractivity contribution in [1.29, 1.82) is 5.26 Å². The zero-order valence-corrected chi connectivity index (χ0v) is 15.5. The van der Waals surface area contributed by atoms with Crippen LogP contribution in [0.3, 0.4) is 0 Å². The molecule has 2 rings (SSSR count). The predicted molar refractivity (Wildman–Crippen MR) is 98.7 cm³/mol. The highest BCUT2D eigenvalue weighted by molar-refractivity contribution is 5.97. The second kappa shape index (κ2) is 9.66. The van der Waals surface area contributed by atoms with E-state index in [2.05, 4.69) is 16.7 Å². The number of nitro groups is 1. The number of nitriles is 1. The Kier molecular flexibility index (Phi) is 7.28. The molecule has 0 radical (unpaired) electrons. The third-order valence-corrected chi connectivity index (χ3v) is 4.44. The van der Waals surface area contributed by atoms with Crippen molar-refractivity contribution in [2.24, 2.45) is 0 Å². The van der Waals surface area contributed by atoms with Crippen molar-refractivity contribution < 1.29 is 24.0 Å². The summed E-state index contributed by atoms with van der Waals surface area (Å²) < 4.78 is 9.94.